The molecule has 0 aliphatic heterocycles. The monoisotopic (exact) mass is 194 g/mol. The summed E-state index contributed by atoms with van der Waals surface area (Å²) in [6.45, 7) is 6.82. The molecule has 0 saturated heterocycles. The van der Waals surface area contributed by atoms with E-state index in [-0.39, 0.29) is 0 Å². The van der Waals surface area contributed by atoms with Gasteiger partial charge >= 0.3 is 0 Å². The highest BCUT2D eigenvalue weighted by Gasteiger charge is 2.38. The van der Waals surface area contributed by atoms with Crippen molar-refractivity contribution in [2.45, 2.75) is 38.9 Å². The molecular weight excluding hydrogens is 176 g/mol. The van der Waals surface area contributed by atoms with E-state index < -0.39 is 11.2 Å². The smallest absolute Gasteiger partial charge is 0.115 e. The van der Waals surface area contributed by atoms with Crippen molar-refractivity contribution >= 4 is 0 Å². The van der Waals surface area contributed by atoms with Gasteiger partial charge in [-0.05, 0) is 33.3 Å². The summed E-state index contributed by atoms with van der Waals surface area (Å²) >= 11 is 0. The molecule has 2 nitrogen and oxygen atoms in total. The van der Waals surface area contributed by atoms with E-state index in [9.17, 15) is 10.2 Å². The largest absolute Gasteiger partial charge is 0.387 e. The Kier molecular flexibility index (Phi) is 2.70. The summed E-state index contributed by atoms with van der Waals surface area (Å²) in [4.78, 5) is 0. The third-order valence-electron chi connectivity index (χ3n) is 2.80. The van der Waals surface area contributed by atoms with Gasteiger partial charge in [-0.2, -0.15) is 0 Å². The van der Waals surface area contributed by atoms with Gasteiger partial charge in [-0.25, -0.2) is 0 Å². The molecule has 0 aliphatic rings. The summed E-state index contributed by atoms with van der Waals surface area (Å²) in [6, 6.07) is 7.53. The number of hydrogen-bond donors (Lipinski definition) is 2. The van der Waals surface area contributed by atoms with Crippen molar-refractivity contribution in [3.63, 3.8) is 0 Å². The van der Waals surface area contributed by atoms with Gasteiger partial charge in [-0.3, -0.25) is 0 Å². The summed E-state index contributed by atoms with van der Waals surface area (Å²) in [7, 11) is 0. The van der Waals surface area contributed by atoms with Gasteiger partial charge in [-0.15, -0.1) is 0 Å². The van der Waals surface area contributed by atoms with Crippen LogP contribution in [-0.4, -0.2) is 15.8 Å². The van der Waals surface area contributed by atoms with Crippen molar-refractivity contribution < 1.29 is 10.2 Å². The maximum absolute atomic E-state index is 10.2. The fourth-order valence-electron chi connectivity index (χ4n) is 1.23. The van der Waals surface area contributed by atoms with Gasteiger partial charge in [0.1, 0.15) is 5.60 Å². The van der Waals surface area contributed by atoms with Gasteiger partial charge in [-0.1, -0.05) is 29.8 Å². The lowest BCUT2D eigenvalue weighted by atomic mass is 9.81. The van der Waals surface area contributed by atoms with E-state index in [0.29, 0.717) is 0 Å². The second-order valence-electron chi connectivity index (χ2n) is 4.50. The Hall–Kier alpha value is -0.860. The Morgan fingerprint density at radius 3 is 1.71 bits per heavy atom. The minimum Gasteiger partial charge on any atom is -0.387 e. The molecule has 1 aromatic rings. The molecule has 0 amide bonds. The zero-order valence-corrected chi connectivity index (χ0v) is 9.20. The van der Waals surface area contributed by atoms with Crippen LogP contribution in [0.4, 0.5) is 0 Å². The number of hydrogen-bond acceptors (Lipinski definition) is 2. The first-order valence-corrected chi connectivity index (χ1v) is 4.77. The third kappa shape index (κ3) is 1.97. The Balaban J connectivity index is 3.10. The summed E-state index contributed by atoms with van der Waals surface area (Å²) in [5.41, 5.74) is -0.501. The molecule has 1 unspecified atom stereocenters. The number of aliphatic hydroxyl groups is 2. The van der Waals surface area contributed by atoms with Crippen molar-refractivity contribution in [1.29, 1.82) is 0 Å². The number of rotatable bonds is 2. The van der Waals surface area contributed by atoms with Crippen molar-refractivity contribution in [2.24, 2.45) is 0 Å². The molecule has 0 spiro atoms. The SMILES string of the molecule is Cc1ccc(C(C)(O)C(C)(C)O)cc1. The fraction of sp³-hybridized carbons (Fsp3) is 0.500. The van der Waals surface area contributed by atoms with Crippen LogP contribution in [-0.2, 0) is 5.60 Å². The second kappa shape index (κ2) is 3.37. The Morgan fingerprint density at radius 2 is 1.36 bits per heavy atom. The first kappa shape index (κ1) is 11.2. The first-order valence-electron chi connectivity index (χ1n) is 4.77. The van der Waals surface area contributed by atoms with Gasteiger partial charge in [0, 0.05) is 0 Å². The van der Waals surface area contributed by atoms with E-state index in [1.807, 2.05) is 31.2 Å². The lowest BCUT2D eigenvalue weighted by molar-refractivity contribution is -0.125. The predicted molar refractivity (Wildman–Crippen MR) is 57.0 cm³/mol. The van der Waals surface area contributed by atoms with Crippen molar-refractivity contribution in [3.8, 4) is 0 Å². The van der Waals surface area contributed by atoms with E-state index in [4.69, 9.17) is 0 Å². The molecule has 0 fully saturated rings. The number of aryl methyl sites for hydroxylation is 1. The van der Waals surface area contributed by atoms with Gasteiger partial charge in [0.05, 0.1) is 5.60 Å². The van der Waals surface area contributed by atoms with Gasteiger partial charge in [0.2, 0.25) is 0 Å². The Bertz CT molecular complexity index is 304. The van der Waals surface area contributed by atoms with Crippen LogP contribution >= 0.6 is 0 Å². The maximum Gasteiger partial charge on any atom is 0.115 e. The highest BCUT2D eigenvalue weighted by molar-refractivity contribution is 5.28. The van der Waals surface area contributed by atoms with Crippen LogP contribution in [0, 0.1) is 6.92 Å². The second-order valence-corrected chi connectivity index (χ2v) is 4.50. The van der Waals surface area contributed by atoms with Crippen molar-refractivity contribution in [3.05, 3.63) is 35.4 Å². The summed E-state index contributed by atoms with van der Waals surface area (Å²) in [5.74, 6) is 0. The lowest BCUT2D eigenvalue weighted by Crippen LogP contribution is -2.44. The number of benzene rings is 1. The molecule has 1 aromatic carbocycles. The fourth-order valence-corrected chi connectivity index (χ4v) is 1.23. The zero-order chi connectivity index (χ0) is 11.0. The minimum atomic E-state index is -1.22. The Morgan fingerprint density at radius 1 is 0.929 bits per heavy atom. The topological polar surface area (TPSA) is 40.5 Å². The molecule has 0 aliphatic carbocycles. The van der Waals surface area contributed by atoms with E-state index >= 15 is 0 Å². The van der Waals surface area contributed by atoms with E-state index in [1.54, 1.807) is 20.8 Å². The van der Waals surface area contributed by atoms with Crippen LogP contribution in [0.5, 0.6) is 0 Å². The van der Waals surface area contributed by atoms with Gasteiger partial charge in [0.25, 0.3) is 0 Å². The summed E-state index contributed by atoms with van der Waals surface area (Å²) < 4.78 is 0. The standard InChI is InChI=1S/C12H18O2/c1-9-5-7-10(8-6-9)12(4,14)11(2,3)13/h5-8,13-14H,1-4H3. The van der Waals surface area contributed by atoms with Crippen LogP contribution in [0.3, 0.4) is 0 Å². The lowest BCUT2D eigenvalue weighted by Gasteiger charge is -2.36. The zero-order valence-electron chi connectivity index (χ0n) is 9.20. The van der Waals surface area contributed by atoms with Crippen molar-refractivity contribution in [1.82, 2.24) is 0 Å². The average molecular weight is 194 g/mol. The Labute approximate surface area is 85.2 Å². The molecular formula is C12H18O2. The highest BCUT2D eigenvalue weighted by atomic mass is 16.4. The molecule has 0 aromatic heterocycles. The van der Waals surface area contributed by atoms with Crippen LogP contribution in [0.1, 0.15) is 31.9 Å². The molecule has 14 heavy (non-hydrogen) atoms. The normalized spacial score (nSPS) is 16.4. The summed E-state index contributed by atoms with van der Waals surface area (Å²) in [5, 5.41) is 20.0. The van der Waals surface area contributed by atoms with Crippen LogP contribution in [0.2, 0.25) is 0 Å². The third-order valence-corrected chi connectivity index (χ3v) is 2.80. The van der Waals surface area contributed by atoms with Crippen LogP contribution in [0.15, 0.2) is 24.3 Å². The molecule has 2 N–H and O–H groups in total. The van der Waals surface area contributed by atoms with E-state index in [1.165, 1.54) is 0 Å². The molecule has 1 atom stereocenters. The highest BCUT2D eigenvalue weighted by Crippen LogP contribution is 2.32. The quantitative estimate of drug-likeness (QED) is 0.755. The average Bonchev–Trinajstić information content (AvgIpc) is 2.03. The molecule has 0 radical (unpaired) electrons. The maximum atomic E-state index is 10.2. The molecule has 0 heterocycles. The molecule has 1 rings (SSSR count). The van der Waals surface area contributed by atoms with E-state index in [2.05, 4.69) is 0 Å². The minimum absolute atomic E-state index is 0.732. The van der Waals surface area contributed by atoms with Gasteiger partial charge < -0.3 is 10.2 Å². The first-order chi connectivity index (χ1) is 6.25. The molecule has 0 bridgehead atoms. The predicted octanol–water partition coefficient (Wildman–Crippen LogP) is 1.97. The summed E-state index contributed by atoms with van der Waals surface area (Å²) in [6.07, 6.45) is 0. The van der Waals surface area contributed by atoms with E-state index in [0.717, 1.165) is 11.1 Å². The molecule has 0 saturated carbocycles. The van der Waals surface area contributed by atoms with Gasteiger partial charge in [0.15, 0.2) is 0 Å². The van der Waals surface area contributed by atoms with Crippen LogP contribution < -0.4 is 0 Å². The molecule has 78 valence electrons. The van der Waals surface area contributed by atoms with Crippen molar-refractivity contribution in [2.75, 3.05) is 0 Å². The molecule has 2 heteroatoms. The van der Waals surface area contributed by atoms with Crippen LogP contribution in [0.25, 0.3) is 0 Å².